The Kier molecular flexibility index (Phi) is 12.0. The monoisotopic (exact) mass is 686 g/mol. The standard InChI is InChI=1S/C37H42N4O9/c1-48-31-16-13-23(19-32(31)49-2)12-15-30(42)24-7-5-8-25(20-24)50-22-35(45)38-18-4-3-11-33(43)39-28-10-6-9-26-27(28)21-41(37(26)47)29-14-17-34(44)40-36(29)46/h5-10,13,16,19-20,29-30,42H,3-4,11-12,14-15,17-18,21-22H2,1-2H3,(H,38,45)(H,39,43)(H,40,44,46). The van der Waals surface area contributed by atoms with Crippen LogP contribution in [0.15, 0.2) is 60.7 Å². The number of hydrogen-bond donors (Lipinski definition) is 4. The van der Waals surface area contributed by atoms with Crippen molar-refractivity contribution in [3.05, 3.63) is 82.9 Å². The van der Waals surface area contributed by atoms with Gasteiger partial charge < -0.3 is 34.9 Å². The molecule has 0 radical (unpaired) electrons. The number of hydrogen-bond acceptors (Lipinski definition) is 9. The lowest BCUT2D eigenvalue weighted by Gasteiger charge is -2.29. The number of amides is 5. The number of aryl methyl sites for hydroxylation is 1. The van der Waals surface area contributed by atoms with E-state index in [1.54, 1.807) is 50.6 Å². The van der Waals surface area contributed by atoms with Crippen LogP contribution in [0.2, 0.25) is 0 Å². The molecular formula is C37H42N4O9. The molecule has 3 aromatic rings. The first-order chi connectivity index (χ1) is 24.2. The Morgan fingerprint density at radius 2 is 1.78 bits per heavy atom. The largest absolute Gasteiger partial charge is 0.493 e. The first-order valence-corrected chi connectivity index (χ1v) is 16.6. The molecule has 2 unspecified atom stereocenters. The molecular weight excluding hydrogens is 644 g/mol. The number of aliphatic hydroxyl groups is 1. The summed E-state index contributed by atoms with van der Waals surface area (Å²) in [5.41, 5.74) is 3.25. The van der Waals surface area contributed by atoms with Crippen LogP contribution >= 0.6 is 0 Å². The summed E-state index contributed by atoms with van der Waals surface area (Å²) in [6, 6.07) is 17.0. The highest BCUT2D eigenvalue weighted by molar-refractivity contribution is 6.06. The minimum atomic E-state index is -0.734. The number of unbranched alkanes of at least 4 members (excludes halogenated alkanes) is 1. The minimum Gasteiger partial charge on any atom is -0.493 e. The lowest BCUT2D eigenvalue weighted by Crippen LogP contribution is -2.52. The van der Waals surface area contributed by atoms with Crippen molar-refractivity contribution in [3.63, 3.8) is 0 Å². The van der Waals surface area contributed by atoms with Crippen LogP contribution in [0.4, 0.5) is 5.69 Å². The SMILES string of the molecule is COc1ccc(CCC(O)c2cccc(OCC(=O)NCCCCC(=O)Nc3cccc4c3CN(C3CCC(=O)NC3=O)C4=O)c2)cc1OC. The molecule has 5 amide bonds. The Morgan fingerprint density at radius 1 is 0.980 bits per heavy atom. The van der Waals surface area contributed by atoms with E-state index in [0.717, 1.165) is 5.56 Å². The number of nitrogens with one attached hydrogen (secondary N) is 3. The van der Waals surface area contributed by atoms with Gasteiger partial charge in [-0.2, -0.15) is 0 Å². The van der Waals surface area contributed by atoms with Gasteiger partial charge in [0.1, 0.15) is 11.8 Å². The first-order valence-electron chi connectivity index (χ1n) is 16.6. The molecule has 13 nitrogen and oxygen atoms in total. The summed E-state index contributed by atoms with van der Waals surface area (Å²) in [6.45, 7) is 0.330. The molecule has 2 heterocycles. The number of fused-ring (bicyclic) bond motifs is 1. The number of rotatable bonds is 16. The fourth-order valence-corrected chi connectivity index (χ4v) is 6.07. The van der Waals surface area contributed by atoms with Crippen molar-refractivity contribution in [3.8, 4) is 17.2 Å². The molecule has 2 aliphatic rings. The van der Waals surface area contributed by atoms with Gasteiger partial charge in [-0.1, -0.05) is 24.3 Å². The molecule has 0 aliphatic carbocycles. The van der Waals surface area contributed by atoms with Crippen LogP contribution in [0.25, 0.3) is 0 Å². The zero-order valence-electron chi connectivity index (χ0n) is 28.2. The maximum Gasteiger partial charge on any atom is 0.257 e. The molecule has 50 heavy (non-hydrogen) atoms. The Morgan fingerprint density at radius 3 is 2.56 bits per heavy atom. The number of methoxy groups -OCH3 is 2. The molecule has 0 spiro atoms. The summed E-state index contributed by atoms with van der Waals surface area (Å²) >= 11 is 0. The van der Waals surface area contributed by atoms with Crippen molar-refractivity contribution >= 4 is 35.2 Å². The average molecular weight is 687 g/mol. The van der Waals surface area contributed by atoms with Gasteiger partial charge in [0, 0.05) is 42.7 Å². The number of aliphatic hydroxyl groups excluding tert-OH is 1. The van der Waals surface area contributed by atoms with Gasteiger partial charge in [-0.05, 0) is 79.6 Å². The van der Waals surface area contributed by atoms with Gasteiger partial charge in [0.2, 0.25) is 17.7 Å². The van der Waals surface area contributed by atoms with E-state index in [9.17, 15) is 29.1 Å². The van der Waals surface area contributed by atoms with E-state index in [1.165, 1.54) is 4.90 Å². The number of piperidine rings is 1. The Bertz CT molecular complexity index is 1740. The summed E-state index contributed by atoms with van der Waals surface area (Å²) in [5.74, 6) is 0.0531. The quantitative estimate of drug-likeness (QED) is 0.130. The number of carbonyl (C=O) groups is 5. The van der Waals surface area contributed by atoms with Crippen LogP contribution in [-0.4, -0.2) is 73.0 Å². The van der Waals surface area contributed by atoms with Gasteiger partial charge >= 0.3 is 0 Å². The molecule has 2 aliphatic heterocycles. The number of imide groups is 1. The van der Waals surface area contributed by atoms with E-state index in [4.69, 9.17) is 14.2 Å². The highest BCUT2D eigenvalue weighted by Crippen LogP contribution is 2.33. The van der Waals surface area contributed by atoms with E-state index < -0.39 is 18.1 Å². The Balaban J connectivity index is 0.997. The number of benzene rings is 3. The summed E-state index contributed by atoms with van der Waals surface area (Å²) in [7, 11) is 3.16. The Labute approximate surface area is 290 Å². The zero-order valence-corrected chi connectivity index (χ0v) is 28.2. The summed E-state index contributed by atoms with van der Waals surface area (Å²) in [4.78, 5) is 63.4. The molecule has 0 bridgehead atoms. The maximum absolute atomic E-state index is 13.0. The average Bonchev–Trinajstić information content (AvgIpc) is 3.45. The van der Waals surface area contributed by atoms with E-state index >= 15 is 0 Å². The van der Waals surface area contributed by atoms with Crippen molar-refractivity contribution in [2.45, 2.75) is 63.6 Å². The molecule has 13 heteroatoms. The van der Waals surface area contributed by atoms with Gasteiger partial charge in [0.15, 0.2) is 18.1 Å². The molecule has 1 fully saturated rings. The molecule has 1 saturated heterocycles. The molecule has 264 valence electrons. The summed E-state index contributed by atoms with van der Waals surface area (Å²) in [6.07, 6.45) is 2.09. The van der Waals surface area contributed by atoms with E-state index in [0.29, 0.717) is 71.9 Å². The lowest BCUT2D eigenvalue weighted by molar-refractivity contribution is -0.137. The third-order valence-electron chi connectivity index (χ3n) is 8.78. The topological polar surface area (TPSA) is 173 Å². The Hall–Kier alpha value is -5.43. The second kappa shape index (κ2) is 16.8. The number of nitrogens with zero attached hydrogens (tertiary/aromatic N) is 1. The number of anilines is 1. The van der Waals surface area contributed by atoms with Gasteiger partial charge in [-0.25, -0.2) is 0 Å². The second-order valence-corrected chi connectivity index (χ2v) is 12.2. The molecule has 0 aromatic heterocycles. The van der Waals surface area contributed by atoms with E-state index in [-0.39, 0.29) is 56.0 Å². The smallest absolute Gasteiger partial charge is 0.257 e. The van der Waals surface area contributed by atoms with Gasteiger partial charge in [0.25, 0.3) is 11.8 Å². The van der Waals surface area contributed by atoms with Crippen molar-refractivity contribution < 1.29 is 43.3 Å². The van der Waals surface area contributed by atoms with Crippen LogP contribution < -0.4 is 30.2 Å². The second-order valence-electron chi connectivity index (χ2n) is 12.2. The third-order valence-corrected chi connectivity index (χ3v) is 8.78. The van der Waals surface area contributed by atoms with Crippen LogP contribution in [0, 0.1) is 0 Å². The predicted molar refractivity (Wildman–Crippen MR) is 183 cm³/mol. The van der Waals surface area contributed by atoms with Crippen LogP contribution in [-0.2, 0) is 32.1 Å². The van der Waals surface area contributed by atoms with Crippen molar-refractivity contribution in [1.82, 2.24) is 15.5 Å². The van der Waals surface area contributed by atoms with Crippen molar-refractivity contribution in [2.75, 3.05) is 32.7 Å². The van der Waals surface area contributed by atoms with Crippen LogP contribution in [0.1, 0.15) is 71.7 Å². The summed E-state index contributed by atoms with van der Waals surface area (Å²) in [5, 5.41) is 18.7. The predicted octanol–water partition coefficient (Wildman–Crippen LogP) is 3.44. The highest BCUT2D eigenvalue weighted by atomic mass is 16.5. The lowest BCUT2D eigenvalue weighted by atomic mass is 10.0. The maximum atomic E-state index is 13.0. The van der Waals surface area contributed by atoms with Gasteiger partial charge in [-0.3, -0.25) is 29.3 Å². The fraction of sp³-hybridized carbons (Fsp3) is 0.378. The highest BCUT2D eigenvalue weighted by Gasteiger charge is 2.40. The normalized spacial score (nSPS) is 15.9. The molecule has 2 atom stereocenters. The minimum absolute atomic E-state index is 0.163. The molecule has 5 rings (SSSR count). The van der Waals surface area contributed by atoms with E-state index in [1.807, 2.05) is 24.3 Å². The number of ether oxygens (including phenoxy) is 3. The van der Waals surface area contributed by atoms with E-state index in [2.05, 4.69) is 16.0 Å². The van der Waals surface area contributed by atoms with Gasteiger partial charge in [0.05, 0.1) is 20.3 Å². The molecule has 4 N–H and O–H groups in total. The summed E-state index contributed by atoms with van der Waals surface area (Å²) < 4.78 is 16.3. The van der Waals surface area contributed by atoms with Crippen LogP contribution in [0.3, 0.4) is 0 Å². The first kappa shape index (κ1) is 35.9. The van der Waals surface area contributed by atoms with Gasteiger partial charge in [-0.15, -0.1) is 0 Å². The van der Waals surface area contributed by atoms with Crippen LogP contribution in [0.5, 0.6) is 17.2 Å². The van der Waals surface area contributed by atoms with Crippen molar-refractivity contribution in [1.29, 1.82) is 0 Å². The zero-order chi connectivity index (χ0) is 35.6. The molecule has 0 saturated carbocycles. The third kappa shape index (κ3) is 8.97. The number of carbonyl (C=O) groups excluding carboxylic acids is 5. The molecule has 3 aromatic carbocycles. The van der Waals surface area contributed by atoms with Crippen molar-refractivity contribution in [2.24, 2.45) is 0 Å². The fourth-order valence-electron chi connectivity index (χ4n) is 6.07.